The summed E-state index contributed by atoms with van der Waals surface area (Å²) in [6, 6.07) is 0. The van der Waals surface area contributed by atoms with Gasteiger partial charge in [-0.15, -0.1) is 0 Å². The minimum atomic E-state index is 0.909. The van der Waals surface area contributed by atoms with E-state index in [2.05, 4.69) is 5.32 Å². The van der Waals surface area contributed by atoms with Gasteiger partial charge in [-0.25, -0.2) is 0 Å². The normalized spacial score (nSPS) is 11.5. The topological polar surface area (TPSA) is 38.0 Å². The first-order valence-corrected chi connectivity index (χ1v) is 2.99. The van der Waals surface area contributed by atoms with Crippen LogP contribution in [0.5, 0.6) is 0 Å². The van der Waals surface area contributed by atoms with Gasteiger partial charge in [-0.2, -0.15) is 0 Å². The lowest BCUT2D eigenvalue weighted by Crippen LogP contribution is -2.07. The predicted molar refractivity (Wildman–Crippen MR) is 36.2 cm³/mol. The van der Waals surface area contributed by atoms with Crippen LogP contribution in [0.2, 0.25) is 0 Å². The van der Waals surface area contributed by atoms with Crippen molar-refractivity contribution in [3.63, 3.8) is 0 Å². The van der Waals surface area contributed by atoms with E-state index in [9.17, 15) is 0 Å². The third kappa shape index (κ3) is 3.53. The molecule has 0 rings (SSSR count). The minimum absolute atomic E-state index is 0.909. The zero-order valence-electron chi connectivity index (χ0n) is 5.57. The molecule has 2 nitrogen and oxygen atoms in total. The first-order chi connectivity index (χ1) is 3.81. The summed E-state index contributed by atoms with van der Waals surface area (Å²) in [6.07, 6.45) is 2.77. The summed E-state index contributed by atoms with van der Waals surface area (Å²) < 4.78 is 0. The molecule has 48 valence electrons. The van der Waals surface area contributed by atoms with E-state index in [4.69, 9.17) is 5.73 Å². The van der Waals surface area contributed by atoms with E-state index in [0.29, 0.717) is 0 Å². The summed E-state index contributed by atoms with van der Waals surface area (Å²) in [5.74, 6) is 0. The summed E-state index contributed by atoms with van der Waals surface area (Å²) in [5.41, 5.74) is 6.37. The molecule has 0 aliphatic carbocycles. The summed E-state index contributed by atoms with van der Waals surface area (Å²) >= 11 is 0. The molecule has 2 heteroatoms. The Hall–Kier alpha value is -0.660. The molecule has 0 heterocycles. The van der Waals surface area contributed by atoms with Gasteiger partial charge in [0.05, 0.1) is 0 Å². The van der Waals surface area contributed by atoms with Gasteiger partial charge >= 0.3 is 0 Å². The fraction of sp³-hybridized carbons (Fsp3) is 0.667. The Kier molecular flexibility index (Phi) is 4.13. The largest absolute Gasteiger partial charge is 0.401 e. The SMILES string of the molecule is CCN/C=C(\N)CC. The molecule has 0 saturated carbocycles. The monoisotopic (exact) mass is 114 g/mol. The average molecular weight is 114 g/mol. The van der Waals surface area contributed by atoms with Crippen molar-refractivity contribution in [3.8, 4) is 0 Å². The fourth-order valence-corrected chi connectivity index (χ4v) is 0.335. The standard InChI is InChI=1S/C6H14N2/c1-3-6(7)5-8-4-2/h5,8H,3-4,7H2,1-2H3/b6-5-. The zero-order valence-corrected chi connectivity index (χ0v) is 5.57. The van der Waals surface area contributed by atoms with Gasteiger partial charge in [0.1, 0.15) is 0 Å². The lowest BCUT2D eigenvalue weighted by atomic mass is 10.4. The van der Waals surface area contributed by atoms with Crippen molar-refractivity contribution >= 4 is 0 Å². The third-order valence-corrected chi connectivity index (χ3v) is 0.900. The van der Waals surface area contributed by atoms with Gasteiger partial charge in [0.15, 0.2) is 0 Å². The van der Waals surface area contributed by atoms with E-state index in [1.165, 1.54) is 0 Å². The van der Waals surface area contributed by atoms with E-state index < -0.39 is 0 Å². The van der Waals surface area contributed by atoms with Crippen molar-refractivity contribution in [3.05, 3.63) is 11.9 Å². The summed E-state index contributed by atoms with van der Waals surface area (Å²) in [4.78, 5) is 0. The summed E-state index contributed by atoms with van der Waals surface area (Å²) in [5, 5.41) is 3.01. The average Bonchev–Trinajstić information content (AvgIpc) is 1.83. The van der Waals surface area contributed by atoms with Gasteiger partial charge in [0.25, 0.3) is 0 Å². The number of nitrogens with two attached hydrogens (primary N) is 1. The molecule has 3 N–H and O–H groups in total. The Morgan fingerprint density at radius 2 is 2.25 bits per heavy atom. The van der Waals surface area contributed by atoms with E-state index >= 15 is 0 Å². The molecule has 0 amide bonds. The molecule has 0 saturated heterocycles. The van der Waals surface area contributed by atoms with Crippen molar-refractivity contribution in [1.29, 1.82) is 0 Å². The van der Waals surface area contributed by atoms with Crippen LogP contribution in [-0.2, 0) is 0 Å². The molecular formula is C6H14N2. The Balaban J connectivity index is 3.26. The Bertz CT molecular complexity index is 76.6. The van der Waals surface area contributed by atoms with Gasteiger partial charge in [0, 0.05) is 18.4 Å². The number of nitrogens with one attached hydrogen (secondary N) is 1. The molecule has 0 bridgehead atoms. The second-order valence-corrected chi connectivity index (χ2v) is 1.63. The first-order valence-electron chi connectivity index (χ1n) is 2.99. The van der Waals surface area contributed by atoms with Gasteiger partial charge in [-0.05, 0) is 13.3 Å². The zero-order chi connectivity index (χ0) is 6.41. The van der Waals surface area contributed by atoms with Crippen LogP contribution in [0.4, 0.5) is 0 Å². The highest BCUT2D eigenvalue weighted by atomic mass is 14.8. The maximum atomic E-state index is 5.46. The summed E-state index contributed by atoms with van der Waals surface area (Å²) in [7, 11) is 0. The lowest BCUT2D eigenvalue weighted by molar-refractivity contribution is 0.888. The second kappa shape index (κ2) is 4.50. The Morgan fingerprint density at radius 3 is 2.62 bits per heavy atom. The highest BCUT2D eigenvalue weighted by molar-refractivity contribution is 4.92. The van der Waals surface area contributed by atoms with Crippen LogP contribution in [0.25, 0.3) is 0 Å². The minimum Gasteiger partial charge on any atom is -0.401 e. The van der Waals surface area contributed by atoms with E-state index in [1.54, 1.807) is 0 Å². The Labute approximate surface area is 50.8 Å². The quantitative estimate of drug-likeness (QED) is 0.569. The molecule has 0 radical (unpaired) electrons. The van der Waals surface area contributed by atoms with Crippen molar-refractivity contribution < 1.29 is 0 Å². The number of hydrogen-bond donors (Lipinski definition) is 2. The van der Waals surface area contributed by atoms with Crippen LogP contribution < -0.4 is 11.1 Å². The van der Waals surface area contributed by atoms with E-state index in [1.807, 2.05) is 20.0 Å². The molecule has 0 aromatic rings. The Morgan fingerprint density at radius 1 is 1.62 bits per heavy atom. The molecule has 0 atom stereocenters. The van der Waals surface area contributed by atoms with E-state index in [-0.39, 0.29) is 0 Å². The van der Waals surface area contributed by atoms with Crippen LogP contribution in [0.15, 0.2) is 11.9 Å². The number of hydrogen-bond acceptors (Lipinski definition) is 2. The number of allylic oxidation sites excluding steroid dienone is 1. The molecule has 0 unspecified atom stereocenters. The van der Waals surface area contributed by atoms with Crippen molar-refractivity contribution in [2.45, 2.75) is 20.3 Å². The number of rotatable bonds is 3. The highest BCUT2D eigenvalue weighted by Gasteiger charge is 1.78. The summed E-state index contributed by atoms with van der Waals surface area (Å²) in [6.45, 7) is 5.02. The smallest absolute Gasteiger partial charge is 0.0237 e. The van der Waals surface area contributed by atoms with Gasteiger partial charge < -0.3 is 11.1 Å². The molecule has 0 aromatic heterocycles. The molecule has 0 spiro atoms. The highest BCUT2D eigenvalue weighted by Crippen LogP contribution is 1.84. The van der Waals surface area contributed by atoms with E-state index in [0.717, 1.165) is 18.7 Å². The molecule has 0 fully saturated rings. The maximum Gasteiger partial charge on any atom is 0.0237 e. The van der Waals surface area contributed by atoms with Crippen molar-refractivity contribution in [1.82, 2.24) is 5.32 Å². The lowest BCUT2D eigenvalue weighted by Gasteiger charge is -1.95. The molecule has 0 aliphatic heterocycles. The van der Waals surface area contributed by atoms with Crippen LogP contribution >= 0.6 is 0 Å². The van der Waals surface area contributed by atoms with Crippen LogP contribution in [0.3, 0.4) is 0 Å². The van der Waals surface area contributed by atoms with Crippen LogP contribution in [0, 0.1) is 0 Å². The van der Waals surface area contributed by atoms with Crippen LogP contribution in [-0.4, -0.2) is 6.54 Å². The second-order valence-electron chi connectivity index (χ2n) is 1.63. The molecule has 0 aliphatic rings. The van der Waals surface area contributed by atoms with Crippen LogP contribution in [0.1, 0.15) is 20.3 Å². The first kappa shape index (κ1) is 7.34. The predicted octanol–water partition coefficient (Wildman–Crippen LogP) is 0.806. The molecule has 0 aromatic carbocycles. The fourth-order valence-electron chi connectivity index (χ4n) is 0.335. The van der Waals surface area contributed by atoms with Gasteiger partial charge in [-0.3, -0.25) is 0 Å². The van der Waals surface area contributed by atoms with Gasteiger partial charge in [-0.1, -0.05) is 6.92 Å². The maximum absolute atomic E-state index is 5.46. The van der Waals surface area contributed by atoms with Crippen molar-refractivity contribution in [2.24, 2.45) is 5.73 Å². The third-order valence-electron chi connectivity index (χ3n) is 0.900. The molecule has 8 heavy (non-hydrogen) atoms. The van der Waals surface area contributed by atoms with Crippen molar-refractivity contribution in [2.75, 3.05) is 6.54 Å². The van der Waals surface area contributed by atoms with Gasteiger partial charge in [0.2, 0.25) is 0 Å². The molecular weight excluding hydrogens is 100 g/mol.